The number of piperidine rings is 2. The molecule has 0 radical (unpaired) electrons. The minimum Gasteiger partial charge on any atom is -0.317 e. The fourth-order valence-corrected chi connectivity index (χ4v) is 1.60. The Bertz CT molecular complexity index is 52.2. The first-order valence-electron chi connectivity index (χ1n) is 8.41. The average Bonchev–Trinajstić information content (AvgIpc) is 2.57. The van der Waals surface area contributed by atoms with Gasteiger partial charge in [0, 0.05) is 0 Å². The van der Waals surface area contributed by atoms with E-state index >= 15 is 0 Å². The summed E-state index contributed by atoms with van der Waals surface area (Å²) < 4.78 is 0. The van der Waals surface area contributed by atoms with Crippen LogP contribution in [0.5, 0.6) is 0 Å². The van der Waals surface area contributed by atoms with E-state index in [1.54, 1.807) is 0 Å². The quantitative estimate of drug-likeness (QED) is 0.632. The van der Waals surface area contributed by atoms with E-state index in [0.29, 0.717) is 0 Å². The van der Waals surface area contributed by atoms with Gasteiger partial charge in [-0.05, 0) is 51.9 Å². The second-order valence-electron chi connectivity index (χ2n) is 3.62. The van der Waals surface area contributed by atoms with Crippen molar-refractivity contribution >= 4 is 0 Å². The van der Waals surface area contributed by atoms with Crippen LogP contribution in [-0.4, -0.2) is 26.2 Å². The summed E-state index contributed by atoms with van der Waals surface area (Å²) in [5.74, 6) is 0. The molecule has 0 aromatic rings. The van der Waals surface area contributed by atoms with E-state index in [1.807, 2.05) is 41.5 Å². The Morgan fingerprint density at radius 3 is 0.684 bits per heavy atom. The summed E-state index contributed by atoms with van der Waals surface area (Å²) in [6.07, 6.45) is 8.43. The molecule has 2 N–H and O–H groups in total. The van der Waals surface area contributed by atoms with E-state index in [2.05, 4.69) is 10.6 Å². The highest BCUT2D eigenvalue weighted by Gasteiger charge is 1.94. The van der Waals surface area contributed by atoms with Crippen LogP contribution >= 0.6 is 0 Å². The average molecular weight is 277 g/mol. The Balaban J connectivity index is -0.0000000825. The normalized spacial score (nSPS) is 16.1. The van der Waals surface area contributed by atoms with Crippen LogP contribution < -0.4 is 10.6 Å². The zero-order valence-electron chi connectivity index (χ0n) is 14.1. The number of nitrogens with one attached hydrogen (secondary N) is 2. The van der Waals surface area contributed by atoms with Crippen molar-refractivity contribution in [3.8, 4) is 0 Å². The summed E-state index contributed by atoms with van der Waals surface area (Å²) in [6.45, 7) is 17.0. The lowest BCUT2D eigenvalue weighted by atomic mass is 10.2. The number of hydrogen-bond acceptors (Lipinski definition) is 2. The molecule has 2 fully saturated rings. The van der Waals surface area contributed by atoms with Gasteiger partial charge in [-0.15, -0.1) is 0 Å². The molecule has 2 rings (SSSR count). The molecule has 0 aromatic carbocycles. The molecule has 0 bridgehead atoms. The molecule has 0 aromatic heterocycles. The van der Waals surface area contributed by atoms with E-state index in [0.717, 1.165) is 0 Å². The molecular weight excluding hydrogens is 232 g/mol. The standard InChI is InChI=1S/2C5H11N.3C2H6.CH4/c2*1-2-4-6-5-3-1;3*1-2;/h2*6H,1-5H2;3*1-2H3;1H4. The van der Waals surface area contributed by atoms with Crippen molar-refractivity contribution in [1.29, 1.82) is 0 Å². The highest BCUT2D eigenvalue weighted by Crippen LogP contribution is 1.97. The number of hydrogen-bond donors (Lipinski definition) is 2. The van der Waals surface area contributed by atoms with Crippen LogP contribution in [0.3, 0.4) is 0 Å². The van der Waals surface area contributed by atoms with Crippen molar-refractivity contribution in [3.63, 3.8) is 0 Å². The highest BCUT2D eigenvalue weighted by atomic mass is 14.9. The van der Waals surface area contributed by atoms with E-state index in [-0.39, 0.29) is 7.43 Å². The molecule has 0 atom stereocenters. The molecule has 0 spiro atoms. The molecule has 2 saturated heterocycles. The van der Waals surface area contributed by atoms with Crippen molar-refractivity contribution in [2.45, 2.75) is 87.5 Å². The Morgan fingerprint density at radius 1 is 0.421 bits per heavy atom. The van der Waals surface area contributed by atoms with Crippen LogP contribution in [-0.2, 0) is 0 Å². The summed E-state index contributed by atoms with van der Waals surface area (Å²) in [7, 11) is 0. The van der Waals surface area contributed by atoms with Crippen molar-refractivity contribution in [2.24, 2.45) is 0 Å². The molecule has 0 aliphatic carbocycles. The van der Waals surface area contributed by atoms with Crippen LogP contribution in [0.4, 0.5) is 0 Å². The maximum atomic E-state index is 3.28. The first kappa shape index (κ1) is 27.3. The third-order valence-electron chi connectivity index (χ3n) is 2.41. The lowest BCUT2D eigenvalue weighted by Crippen LogP contribution is -2.21. The molecule has 0 saturated carbocycles. The maximum absolute atomic E-state index is 3.28. The van der Waals surface area contributed by atoms with Crippen molar-refractivity contribution in [1.82, 2.24) is 10.6 Å². The van der Waals surface area contributed by atoms with Gasteiger partial charge < -0.3 is 10.6 Å². The summed E-state index contributed by atoms with van der Waals surface area (Å²) in [6, 6.07) is 0. The molecule has 122 valence electrons. The van der Waals surface area contributed by atoms with Gasteiger partial charge in [-0.1, -0.05) is 61.8 Å². The topological polar surface area (TPSA) is 24.1 Å². The van der Waals surface area contributed by atoms with Gasteiger partial charge in [0.2, 0.25) is 0 Å². The largest absolute Gasteiger partial charge is 0.317 e. The van der Waals surface area contributed by atoms with Crippen LogP contribution in [0.2, 0.25) is 0 Å². The Hall–Kier alpha value is -0.0800. The van der Waals surface area contributed by atoms with E-state index in [9.17, 15) is 0 Å². The van der Waals surface area contributed by atoms with E-state index in [1.165, 1.54) is 64.7 Å². The van der Waals surface area contributed by atoms with Crippen LogP contribution in [0.1, 0.15) is 87.5 Å². The minimum absolute atomic E-state index is 0. The molecule has 2 heteroatoms. The third-order valence-corrected chi connectivity index (χ3v) is 2.41. The molecule has 0 unspecified atom stereocenters. The smallest absolute Gasteiger partial charge is 0.00489 e. The summed E-state index contributed by atoms with van der Waals surface area (Å²) in [5.41, 5.74) is 0. The minimum atomic E-state index is 0. The fourth-order valence-electron chi connectivity index (χ4n) is 1.60. The van der Waals surface area contributed by atoms with Gasteiger partial charge in [0.1, 0.15) is 0 Å². The SMILES string of the molecule is C.C1CCNCC1.C1CCNCC1.CC.CC.CC. The molecule has 2 nitrogen and oxygen atoms in total. The van der Waals surface area contributed by atoms with Crippen LogP contribution in [0.25, 0.3) is 0 Å². The van der Waals surface area contributed by atoms with Gasteiger partial charge in [-0.2, -0.15) is 0 Å². The molecule has 2 aliphatic heterocycles. The maximum Gasteiger partial charge on any atom is -0.00489 e. The zero-order valence-corrected chi connectivity index (χ0v) is 14.1. The first-order valence-corrected chi connectivity index (χ1v) is 8.41. The molecule has 2 heterocycles. The van der Waals surface area contributed by atoms with E-state index < -0.39 is 0 Å². The van der Waals surface area contributed by atoms with Gasteiger partial charge in [-0.25, -0.2) is 0 Å². The molecular formula is C17H44N2. The summed E-state index contributed by atoms with van der Waals surface area (Å²) >= 11 is 0. The summed E-state index contributed by atoms with van der Waals surface area (Å²) in [4.78, 5) is 0. The van der Waals surface area contributed by atoms with Crippen molar-refractivity contribution in [2.75, 3.05) is 26.2 Å². The van der Waals surface area contributed by atoms with Gasteiger partial charge in [0.15, 0.2) is 0 Å². The van der Waals surface area contributed by atoms with Gasteiger partial charge in [-0.3, -0.25) is 0 Å². The Morgan fingerprint density at radius 2 is 0.632 bits per heavy atom. The number of rotatable bonds is 0. The van der Waals surface area contributed by atoms with Crippen LogP contribution in [0.15, 0.2) is 0 Å². The second-order valence-corrected chi connectivity index (χ2v) is 3.62. The van der Waals surface area contributed by atoms with Gasteiger partial charge in [0.05, 0.1) is 0 Å². The lowest BCUT2D eigenvalue weighted by molar-refractivity contribution is 0.520. The Labute approximate surface area is 125 Å². The highest BCUT2D eigenvalue weighted by molar-refractivity contribution is 4.55. The van der Waals surface area contributed by atoms with Crippen LogP contribution in [0, 0.1) is 0 Å². The predicted octanol–water partition coefficient (Wildman–Crippen LogP) is 5.23. The molecule has 19 heavy (non-hydrogen) atoms. The van der Waals surface area contributed by atoms with E-state index in [4.69, 9.17) is 0 Å². The van der Waals surface area contributed by atoms with Gasteiger partial charge >= 0.3 is 0 Å². The van der Waals surface area contributed by atoms with Gasteiger partial charge in [0.25, 0.3) is 0 Å². The lowest BCUT2D eigenvalue weighted by Gasteiger charge is -2.08. The first-order chi connectivity index (χ1) is 9.00. The molecule has 2 aliphatic rings. The third kappa shape index (κ3) is 32.0. The Kier molecular flexibility index (Phi) is 51.9. The zero-order chi connectivity index (χ0) is 14.5. The fraction of sp³-hybridized carbons (Fsp3) is 1.00. The molecule has 0 amide bonds. The van der Waals surface area contributed by atoms with Crippen molar-refractivity contribution in [3.05, 3.63) is 0 Å². The summed E-state index contributed by atoms with van der Waals surface area (Å²) in [5, 5.41) is 6.57. The second kappa shape index (κ2) is 36.1. The predicted molar refractivity (Wildman–Crippen MR) is 94.2 cm³/mol. The van der Waals surface area contributed by atoms with Crippen molar-refractivity contribution < 1.29 is 0 Å². The monoisotopic (exact) mass is 276 g/mol.